The summed E-state index contributed by atoms with van der Waals surface area (Å²) in [6.45, 7) is 5.49. The number of carbonyl (C=O) groups is 2. The highest BCUT2D eigenvalue weighted by Crippen LogP contribution is 2.20. The second-order valence-corrected chi connectivity index (χ2v) is 11.0. The molecule has 7 nitrogen and oxygen atoms in total. The monoisotopic (exact) mass is 541 g/mol. The van der Waals surface area contributed by atoms with E-state index in [1.807, 2.05) is 38.1 Å². The molecule has 1 atom stereocenters. The van der Waals surface area contributed by atoms with E-state index in [0.717, 1.165) is 26.7 Å². The number of sulfonamides is 1. The molecule has 0 spiro atoms. The summed E-state index contributed by atoms with van der Waals surface area (Å²) < 4.78 is 40.3. The van der Waals surface area contributed by atoms with Crippen LogP contribution in [0.1, 0.15) is 26.3 Å². The highest BCUT2D eigenvalue weighted by molar-refractivity contribution is 9.10. The maximum Gasteiger partial charge on any atom is 0.244 e. The van der Waals surface area contributed by atoms with Gasteiger partial charge < -0.3 is 10.2 Å². The zero-order valence-electron chi connectivity index (χ0n) is 19.1. The van der Waals surface area contributed by atoms with Crippen LogP contribution in [0.15, 0.2) is 53.0 Å². The lowest BCUT2D eigenvalue weighted by Gasteiger charge is -2.31. The van der Waals surface area contributed by atoms with E-state index in [-0.39, 0.29) is 24.1 Å². The summed E-state index contributed by atoms with van der Waals surface area (Å²) in [4.78, 5) is 27.4. The SMILES string of the molecule is CC(C)CNC(=O)[C@H](C)N(Cc1ccc(Br)cc1)C(=O)CN(c1cccc(F)c1)S(C)(=O)=O. The largest absolute Gasteiger partial charge is 0.354 e. The number of carbonyl (C=O) groups excluding carboxylic acids is 2. The van der Waals surface area contributed by atoms with Crippen molar-refractivity contribution in [2.75, 3.05) is 23.7 Å². The van der Waals surface area contributed by atoms with Gasteiger partial charge in [0.25, 0.3) is 0 Å². The minimum absolute atomic E-state index is 0.0337. The van der Waals surface area contributed by atoms with Gasteiger partial charge in [-0.25, -0.2) is 12.8 Å². The van der Waals surface area contributed by atoms with Gasteiger partial charge in [0, 0.05) is 17.6 Å². The first kappa shape index (κ1) is 26.8. The lowest BCUT2D eigenvalue weighted by Crippen LogP contribution is -2.51. The van der Waals surface area contributed by atoms with Gasteiger partial charge in [-0.3, -0.25) is 13.9 Å². The predicted octanol–water partition coefficient (Wildman–Crippen LogP) is 3.54. The second-order valence-electron chi connectivity index (χ2n) is 8.21. The molecule has 0 radical (unpaired) electrons. The Bertz CT molecular complexity index is 1080. The molecule has 2 rings (SSSR count). The molecule has 0 aromatic heterocycles. The van der Waals surface area contributed by atoms with Gasteiger partial charge in [-0.1, -0.05) is 48.0 Å². The van der Waals surface area contributed by atoms with Gasteiger partial charge in [-0.15, -0.1) is 0 Å². The molecule has 180 valence electrons. The summed E-state index contributed by atoms with van der Waals surface area (Å²) in [6, 6.07) is 11.4. The van der Waals surface area contributed by atoms with Gasteiger partial charge in [0.1, 0.15) is 18.4 Å². The first-order valence-electron chi connectivity index (χ1n) is 10.4. The number of halogens is 2. The minimum atomic E-state index is -3.90. The third kappa shape index (κ3) is 8.12. The highest BCUT2D eigenvalue weighted by atomic mass is 79.9. The number of nitrogens with zero attached hydrogens (tertiary/aromatic N) is 2. The van der Waals surface area contributed by atoms with Crippen LogP contribution in [0.2, 0.25) is 0 Å². The molecule has 0 aliphatic carbocycles. The second kappa shape index (κ2) is 11.6. The van der Waals surface area contributed by atoms with E-state index in [4.69, 9.17) is 0 Å². The normalized spacial score (nSPS) is 12.3. The van der Waals surface area contributed by atoms with Crippen LogP contribution in [0.4, 0.5) is 10.1 Å². The number of hydrogen-bond donors (Lipinski definition) is 1. The van der Waals surface area contributed by atoms with Crippen molar-refractivity contribution in [1.29, 1.82) is 0 Å². The molecule has 0 aliphatic rings. The Morgan fingerprint density at radius 3 is 2.27 bits per heavy atom. The fourth-order valence-corrected chi connectivity index (χ4v) is 4.17. The lowest BCUT2D eigenvalue weighted by atomic mass is 10.1. The summed E-state index contributed by atoms with van der Waals surface area (Å²) in [5.41, 5.74) is 0.804. The first-order chi connectivity index (χ1) is 15.4. The minimum Gasteiger partial charge on any atom is -0.354 e. The van der Waals surface area contributed by atoms with Gasteiger partial charge in [0.05, 0.1) is 11.9 Å². The van der Waals surface area contributed by atoms with Crippen molar-refractivity contribution >= 4 is 43.5 Å². The predicted molar refractivity (Wildman–Crippen MR) is 131 cm³/mol. The Balaban J connectivity index is 2.35. The van der Waals surface area contributed by atoms with Crippen molar-refractivity contribution < 1.29 is 22.4 Å². The number of anilines is 1. The van der Waals surface area contributed by atoms with Crippen molar-refractivity contribution in [2.45, 2.75) is 33.4 Å². The summed E-state index contributed by atoms with van der Waals surface area (Å²) >= 11 is 3.36. The summed E-state index contributed by atoms with van der Waals surface area (Å²) in [6.07, 6.45) is 0.947. The van der Waals surface area contributed by atoms with Crippen LogP contribution >= 0.6 is 15.9 Å². The molecule has 0 aliphatic heterocycles. The topological polar surface area (TPSA) is 86.8 Å². The van der Waals surface area contributed by atoms with E-state index in [9.17, 15) is 22.4 Å². The average Bonchev–Trinajstić information content (AvgIpc) is 2.73. The Hall–Kier alpha value is -2.46. The number of nitrogens with one attached hydrogen (secondary N) is 1. The number of benzene rings is 2. The van der Waals surface area contributed by atoms with Gasteiger partial charge in [0.15, 0.2) is 0 Å². The molecule has 10 heteroatoms. The van der Waals surface area contributed by atoms with Crippen LogP contribution in [-0.4, -0.2) is 50.5 Å². The number of hydrogen-bond acceptors (Lipinski definition) is 4. The zero-order chi connectivity index (χ0) is 24.8. The van der Waals surface area contributed by atoms with Crippen molar-refractivity contribution in [2.24, 2.45) is 5.92 Å². The fraction of sp³-hybridized carbons (Fsp3) is 0.391. The first-order valence-corrected chi connectivity index (χ1v) is 13.1. The molecule has 0 saturated carbocycles. The van der Waals surface area contributed by atoms with Gasteiger partial charge in [-0.2, -0.15) is 0 Å². The van der Waals surface area contributed by atoms with E-state index in [2.05, 4.69) is 21.2 Å². The lowest BCUT2D eigenvalue weighted by molar-refractivity contribution is -0.139. The Morgan fingerprint density at radius 1 is 1.09 bits per heavy atom. The third-order valence-electron chi connectivity index (χ3n) is 4.89. The molecular weight excluding hydrogens is 513 g/mol. The van der Waals surface area contributed by atoms with Crippen molar-refractivity contribution in [3.05, 3.63) is 64.4 Å². The van der Waals surface area contributed by atoms with Crippen LogP contribution in [0, 0.1) is 11.7 Å². The molecule has 1 N–H and O–H groups in total. The van der Waals surface area contributed by atoms with Gasteiger partial charge >= 0.3 is 0 Å². The fourth-order valence-electron chi connectivity index (χ4n) is 3.07. The molecular formula is C23H29BrFN3O4S. The quantitative estimate of drug-likeness (QED) is 0.498. The third-order valence-corrected chi connectivity index (χ3v) is 6.56. The summed E-state index contributed by atoms with van der Waals surface area (Å²) in [7, 11) is -3.90. The molecule has 2 aromatic carbocycles. The molecule has 0 saturated heterocycles. The summed E-state index contributed by atoms with van der Waals surface area (Å²) in [5, 5.41) is 2.81. The van der Waals surface area contributed by atoms with Gasteiger partial charge in [-0.05, 0) is 48.7 Å². The molecule has 0 bridgehead atoms. The van der Waals surface area contributed by atoms with Gasteiger partial charge in [0.2, 0.25) is 21.8 Å². The number of amides is 2. The Kier molecular flexibility index (Phi) is 9.42. The van der Waals surface area contributed by atoms with Crippen molar-refractivity contribution in [1.82, 2.24) is 10.2 Å². The van der Waals surface area contributed by atoms with Crippen molar-refractivity contribution in [3.8, 4) is 0 Å². The van der Waals surface area contributed by atoms with E-state index in [0.29, 0.717) is 6.54 Å². The van der Waals surface area contributed by atoms with Crippen LogP contribution < -0.4 is 9.62 Å². The number of rotatable bonds is 10. The molecule has 0 unspecified atom stereocenters. The smallest absolute Gasteiger partial charge is 0.244 e. The molecule has 0 fully saturated rings. The van der Waals surface area contributed by atoms with Crippen LogP contribution in [0.3, 0.4) is 0 Å². The molecule has 2 amide bonds. The van der Waals surface area contributed by atoms with E-state index in [1.165, 1.54) is 23.1 Å². The maximum atomic E-state index is 13.7. The highest BCUT2D eigenvalue weighted by Gasteiger charge is 2.30. The van der Waals surface area contributed by atoms with E-state index >= 15 is 0 Å². The van der Waals surface area contributed by atoms with E-state index in [1.54, 1.807) is 6.92 Å². The zero-order valence-corrected chi connectivity index (χ0v) is 21.5. The summed E-state index contributed by atoms with van der Waals surface area (Å²) in [5.74, 6) is -1.32. The maximum absolute atomic E-state index is 13.7. The molecule has 0 heterocycles. The molecule has 2 aromatic rings. The van der Waals surface area contributed by atoms with Crippen LogP contribution in [-0.2, 0) is 26.2 Å². The average molecular weight is 542 g/mol. The van der Waals surface area contributed by atoms with Crippen molar-refractivity contribution in [3.63, 3.8) is 0 Å². The molecule has 33 heavy (non-hydrogen) atoms. The Morgan fingerprint density at radius 2 is 1.73 bits per heavy atom. The Labute approximate surface area is 203 Å². The van der Waals surface area contributed by atoms with Crippen LogP contribution in [0.5, 0.6) is 0 Å². The standard InChI is InChI=1S/C23H29BrFN3O4S/c1-16(2)13-26-23(30)17(3)27(14-18-8-10-19(24)11-9-18)22(29)15-28(33(4,31)32)21-7-5-6-20(25)12-21/h5-12,16-17H,13-15H2,1-4H3,(H,26,30)/t17-/m0/s1. The van der Waals surface area contributed by atoms with Crippen LogP contribution in [0.25, 0.3) is 0 Å². The van der Waals surface area contributed by atoms with E-state index < -0.39 is 34.3 Å².